The molecule has 0 aliphatic carbocycles. The van der Waals surface area contributed by atoms with Gasteiger partial charge in [0.2, 0.25) is 0 Å². The van der Waals surface area contributed by atoms with Crippen molar-refractivity contribution in [1.29, 1.82) is 0 Å². The molecule has 0 spiro atoms. The first kappa shape index (κ1) is 11.8. The van der Waals surface area contributed by atoms with E-state index in [1.807, 2.05) is 20.8 Å². The Balaban J connectivity index is 3.83. The average molecular weight is 206 g/mol. The monoisotopic (exact) mass is 206 g/mol. The average Bonchev–Trinajstić information content (AvgIpc) is 1.82. The summed E-state index contributed by atoms with van der Waals surface area (Å²) >= 11 is 9.79. The number of hydrogen-bond donors (Lipinski definition) is 0. The molecule has 0 unspecified atom stereocenters. The van der Waals surface area contributed by atoms with Crippen molar-refractivity contribution in [3.63, 3.8) is 0 Å². The lowest BCUT2D eigenvalue weighted by Crippen LogP contribution is -2.24. The highest BCUT2D eigenvalue weighted by atomic mass is 32.1. The summed E-state index contributed by atoms with van der Waals surface area (Å²) < 4.78 is 10.2. The summed E-state index contributed by atoms with van der Waals surface area (Å²) in [6.07, 6.45) is 0.415. The van der Waals surface area contributed by atoms with E-state index in [4.69, 9.17) is 33.9 Å². The molecule has 0 rings (SSSR count). The third-order valence-electron chi connectivity index (χ3n) is 0.936. The third kappa shape index (κ3) is 6.49. The Morgan fingerprint density at radius 1 is 1.17 bits per heavy atom. The van der Waals surface area contributed by atoms with Gasteiger partial charge < -0.3 is 9.47 Å². The molecule has 4 heteroatoms. The zero-order valence-electron chi connectivity index (χ0n) is 7.84. The molecule has 0 heterocycles. The van der Waals surface area contributed by atoms with Crippen LogP contribution in [0.5, 0.6) is 0 Å². The predicted octanol–water partition coefficient (Wildman–Crippen LogP) is 2.49. The second-order valence-corrected chi connectivity index (χ2v) is 4.25. The second kappa shape index (κ2) is 4.72. The second-order valence-electron chi connectivity index (χ2n) is 3.34. The lowest BCUT2D eigenvalue weighted by molar-refractivity contribution is 0.119. The van der Waals surface area contributed by atoms with E-state index in [9.17, 15) is 0 Å². The highest BCUT2D eigenvalue weighted by Gasteiger charge is 2.14. The molecule has 0 amide bonds. The molecule has 0 aromatic rings. The summed E-state index contributed by atoms with van der Waals surface area (Å²) in [5.74, 6) is 0. The molecule has 70 valence electrons. The van der Waals surface area contributed by atoms with E-state index in [1.165, 1.54) is 7.11 Å². The first-order valence-corrected chi connectivity index (χ1v) is 4.45. The van der Waals surface area contributed by atoms with Gasteiger partial charge in [0.05, 0.1) is 13.5 Å². The van der Waals surface area contributed by atoms with Crippen molar-refractivity contribution in [3.8, 4) is 0 Å². The lowest BCUT2D eigenvalue weighted by Gasteiger charge is -2.21. The Morgan fingerprint density at radius 2 is 1.67 bits per heavy atom. The van der Waals surface area contributed by atoms with Crippen LogP contribution >= 0.6 is 24.4 Å². The van der Waals surface area contributed by atoms with Gasteiger partial charge in [0.25, 0.3) is 0 Å². The zero-order valence-corrected chi connectivity index (χ0v) is 9.47. The summed E-state index contributed by atoms with van der Waals surface area (Å²) in [6, 6.07) is 0. The molecular weight excluding hydrogens is 192 g/mol. The highest BCUT2D eigenvalue weighted by Crippen LogP contribution is 2.09. The number of methoxy groups -OCH3 is 1. The molecule has 0 atom stereocenters. The van der Waals surface area contributed by atoms with Gasteiger partial charge in [0, 0.05) is 0 Å². The Kier molecular flexibility index (Phi) is 4.63. The molecule has 2 nitrogen and oxygen atoms in total. The van der Waals surface area contributed by atoms with Gasteiger partial charge in [-0.2, -0.15) is 0 Å². The number of ether oxygens (including phenoxy) is 2. The minimum absolute atomic E-state index is 0.250. The fourth-order valence-electron chi connectivity index (χ4n) is 0.568. The van der Waals surface area contributed by atoms with Crippen molar-refractivity contribution in [2.45, 2.75) is 32.8 Å². The van der Waals surface area contributed by atoms with Crippen LogP contribution in [0.25, 0.3) is 0 Å². The molecule has 0 bridgehead atoms. The molecule has 0 aromatic heterocycles. The van der Waals surface area contributed by atoms with Crippen molar-refractivity contribution in [2.24, 2.45) is 0 Å². The van der Waals surface area contributed by atoms with Gasteiger partial charge in [-0.05, 0) is 45.2 Å². The largest absolute Gasteiger partial charge is 0.490 e. The van der Waals surface area contributed by atoms with Crippen LogP contribution in [0.3, 0.4) is 0 Å². The number of thiocarbonyl (C=S) groups is 2. The molecule has 12 heavy (non-hydrogen) atoms. The van der Waals surface area contributed by atoms with Gasteiger partial charge in [0.15, 0.2) is 10.1 Å². The Labute approximate surface area is 84.2 Å². The Hall–Kier alpha value is -0.220. The molecular formula is C8H14O2S2. The van der Waals surface area contributed by atoms with E-state index in [-0.39, 0.29) is 5.60 Å². The van der Waals surface area contributed by atoms with Crippen LogP contribution in [-0.2, 0) is 9.47 Å². The van der Waals surface area contributed by atoms with Gasteiger partial charge >= 0.3 is 0 Å². The van der Waals surface area contributed by atoms with Crippen molar-refractivity contribution in [1.82, 2.24) is 0 Å². The summed E-state index contributed by atoms with van der Waals surface area (Å²) in [6.45, 7) is 5.82. The van der Waals surface area contributed by atoms with Crippen molar-refractivity contribution in [3.05, 3.63) is 0 Å². The fourth-order valence-corrected chi connectivity index (χ4v) is 1.17. The molecule has 0 fully saturated rings. The summed E-state index contributed by atoms with van der Waals surface area (Å²) in [5.41, 5.74) is -0.250. The smallest absolute Gasteiger partial charge is 0.168 e. The minimum Gasteiger partial charge on any atom is -0.490 e. The van der Waals surface area contributed by atoms with Gasteiger partial charge in [-0.15, -0.1) is 0 Å². The summed E-state index contributed by atoms with van der Waals surface area (Å²) in [5, 5.41) is 0.943. The van der Waals surface area contributed by atoms with Crippen LogP contribution < -0.4 is 0 Å². The Bertz CT molecular complexity index is 182. The summed E-state index contributed by atoms with van der Waals surface area (Å²) in [4.78, 5) is 0. The standard InChI is InChI=1S/C8H14O2S2/c1-8(2,3)10-7(12)5-6(11)9-4/h5H2,1-4H3. The predicted molar refractivity (Wildman–Crippen MR) is 57.7 cm³/mol. The van der Waals surface area contributed by atoms with E-state index in [0.717, 1.165) is 0 Å². The van der Waals surface area contributed by atoms with E-state index < -0.39 is 0 Å². The first-order valence-electron chi connectivity index (χ1n) is 3.64. The maximum absolute atomic E-state index is 5.37. The van der Waals surface area contributed by atoms with Gasteiger partial charge in [-0.1, -0.05) is 0 Å². The summed E-state index contributed by atoms with van der Waals surface area (Å²) in [7, 11) is 1.53. The van der Waals surface area contributed by atoms with Crippen LogP contribution in [-0.4, -0.2) is 22.8 Å². The number of hydrogen-bond acceptors (Lipinski definition) is 4. The van der Waals surface area contributed by atoms with Crippen molar-refractivity contribution >= 4 is 34.5 Å². The molecule has 0 saturated carbocycles. The van der Waals surface area contributed by atoms with E-state index in [0.29, 0.717) is 16.5 Å². The fraction of sp³-hybridized carbons (Fsp3) is 0.750. The van der Waals surface area contributed by atoms with Gasteiger partial charge in [-0.25, -0.2) is 0 Å². The SMILES string of the molecule is COC(=S)CC(=S)OC(C)(C)C. The van der Waals surface area contributed by atoms with E-state index >= 15 is 0 Å². The lowest BCUT2D eigenvalue weighted by atomic mass is 10.2. The number of rotatable bonds is 2. The van der Waals surface area contributed by atoms with Crippen LogP contribution in [0, 0.1) is 0 Å². The van der Waals surface area contributed by atoms with Crippen molar-refractivity contribution < 1.29 is 9.47 Å². The molecule has 0 aromatic carbocycles. The third-order valence-corrected chi connectivity index (χ3v) is 1.48. The minimum atomic E-state index is -0.250. The van der Waals surface area contributed by atoms with E-state index in [2.05, 4.69) is 0 Å². The Morgan fingerprint density at radius 3 is 2.00 bits per heavy atom. The van der Waals surface area contributed by atoms with Gasteiger partial charge in [-0.3, -0.25) is 0 Å². The molecule has 0 aliphatic heterocycles. The van der Waals surface area contributed by atoms with Crippen LogP contribution in [0.15, 0.2) is 0 Å². The van der Waals surface area contributed by atoms with Crippen LogP contribution in [0.4, 0.5) is 0 Å². The van der Waals surface area contributed by atoms with E-state index in [1.54, 1.807) is 0 Å². The van der Waals surface area contributed by atoms with Gasteiger partial charge in [0.1, 0.15) is 5.60 Å². The normalized spacial score (nSPS) is 10.7. The van der Waals surface area contributed by atoms with Crippen LogP contribution in [0.2, 0.25) is 0 Å². The first-order chi connectivity index (χ1) is 5.35. The highest BCUT2D eigenvalue weighted by molar-refractivity contribution is 7.81. The topological polar surface area (TPSA) is 18.5 Å². The molecule has 0 saturated heterocycles. The molecule has 0 N–H and O–H groups in total. The maximum Gasteiger partial charge on any atom is 0.168 e. The zero-order chi connectivity index (χ0) is 9.78. The van der Waals surface area contributed by atoms with Crippen LogP contribution in [0.1, 0.15) is 27.2 Å². The molecule has 0 aliphatic rings. The van der Waals surface area contributed by atoms with Crippen molar-refractivity contribution in [2.75, 3.05) is 7.11 Å². The molecule has 0 radical (unpaired) electrons. The maximum atomic E-state index is 5.37. The quantitative estimate of drug-likeness (QED) is 0.646.